The van der Waals surface area contributed by atoms with E-state index >= 15 is 0 Å². The van der Waals surface area contributed by atoms with Crippen molar-refractivity contribution in [2.24, 2.45) is 5.92 Å². The van der Waals surface area contributed by atoms with Crippen LogP contribution in [0.3, 0.4) is 0 Å². The number of halogens is 1. The smallest absolute Gasteiger partial charge is 0.236 e. The van der Waals surface area contributed by atoms with Crippen molar-refractivity contribution in [3.8, 4) is 0 Å². The molecular weight excluding hydrogens is 322 g/mol. The predicted molar refractivity (Wildman–Crippen MR) is 82.1 cm³/mol. The van der Waals surface area contributed by atoms with Gasteiger partial charge in [0.2, 0.25) is 5.91 Å². The summed E-state index contributed by atoms with van der Waals surface area (Å²) in [6.07, 6.45) is 4.73. The molecule has 2 aliphatic heterocycles. The number of alkyl halides is 1. The standard InChI is InChI=1S/C15H26BrNO3/c1-11(2)14(16)15(18)17(9-12-5-3-7-19-12)10-13-6-4-8-20-13/h11-14H,3-10H2,1-2H3. The molecule has 3 unspecified atom stereocenters. The molecule has 0 aromatic heterocycles. The van der Waals surface area contributed by atoms with E-state index in [0.717, 1.165) is 38.9 Å². The zero-order valence-electron chi connectivity index (χ0n) is 12.5. The van der Waals surface area contributed by atoms with E-state index < -0.39 is 0 Å². The van der Waals surface area contributed by atoms with E-state index in [9.17, 15) is 4.79 Å². The minimum atomic E-state index is -0.120. The molecule has 4 nitrogen and oxygen atoms in total. The lowest BCUT2D eigenvalue weighted by Gasteiger charge is -2.30. The van der Waals surface area contributed by atoms with Crippen molar-refractivity contribution >= 4 is 21.8 Å². The Morgan fingerprint density at radius 2 is 1.65 bits per heavy atom. The van der Waals surface area contributed by atoms with Crippen molar-refractivity contribution in [2.45, 2.75) is 56.6 Å². The summed E-state index contributed by atoms with van der Waals surface area (Å²) in [5, 5.41) is 0. The van der Waals surface area contributed by atoms with Gasteiger partial charge >= 0.3 is 0 Å². The number of nitrogens with zero attached hydrogens (tertiary/aromatic N) is 1. The second-order valence-corrected chi connectivity index (χ2v) is 7.15. The Kier molecular flexibility index (Phi) is 6.30. The largest absolute Gasteiger partial charge is 0.376 e. The van der Waals surface area contributed by atoms with Gasteiger partial charge in [0.05, 0.1) is 17.0 Å². The highest BCUT2D eigenvalue weighted by molar-refractivity contribution is 9.10. The first kappa shape index (κ1) is 16.2. The van der Waals surface area contributed by atoms with Crippen molar-refractivity contribution in [3.63, 3.8) is 0 Å². The van der Waals surface area contributed by atoms with Crippen LogP contribution in [-0.4, -0.2) is 54.1 Å². The van der Waals surface area contributed by atoms with Gasteiger partial charge in [-0.1, -0.05) is 29.8 Å². The molecule has 2 rings (SSSR count). The Labute approximate surface area is 130 Å². The monoisotopic (exact) mass is 347 g/mol. The van der Waals surface area contributed by atoms with E-state index in [2.05, 4.69) is 29.8 Å². The SMILES string of the molecule is CC(C)C(Br)C(=O)N(CC1CCCO1)CC1CCCO1. The molecule has 2 fully saturated rings. The fourth-order valence-electron chi connectivity index (χ4n) is 2.78. The summed E-state index contributed by atoms with van der Waals surface area (Å²) in [5.74, 6) is 0.463. The van der Waals surface area contributed by atoms with E-state index in [-0.39, 0.29) is 22.9 Å². The number of carbonyl (C=O) groups excluding carboxylic acids is 1. The number of carbonyl (C=O) groups is 1. The van der Waals surface area contributed by atoms with Crippen LogP contribution in [0.5, 0.6) is 0 Å². The predicted octanol–water partition coefficient (Wildman–Crippen LogP) is 2.59. The number of amides is 1. The quantitative estimate of drug-likeness (QED) is 0.693. The molecule has 0 bridgehead atoms. The molecule has 0 saturated carbocycles. The van der Waals surface area contributed by atoms with Crippen LogP contribution in [0.15, 0.2) is 0 Å². The van der Waals surface area contributed by atoms with Crippen LogP contribution in [0, 0.1) is 5.92 Å². The van der Waals surface area contributed by atoms with Crippen molar-refractivity contribution in [1.82, 2.24) is 4.90 Å². The van der Waals surface area contributed by atoms with Gasteiger partial charge in [0.1, 0.15) is 0 Å². The first-order valence-corrected chi connectivity index (χ1v) is 8.65. The van der Waals surface area contributed by atoms with E-state index in [4.69, 9.17) is 9.47 Å². The van der Waals surface area contributed by atoms with Gasteiger partial charge in [0.15, 0.2) is 0 Å². The van der Waals surface area contributed by atoms with Gasteiger partial charge in [0, 0.05) is 26.3 Å². The van der Waals surface area contributed by atoms with E-state index in [1.54, 1.807) is 0 Å². The average molecular weight is 348 g/mol. The third kappa shape index (κ3) is 4.43. The Hall–Kier alpha value is -0.130. The summed E-state index contributed by atoms with van der Waals surface area (Å²) in [4.78, 5) is 14.5. The maximum Gasteiger partial charge on any atom is 0.236 e. The Balaban J connectivity index is 1.95. The summed E-state index contributed by atoms with van der Waals surface area (Å²) >= 11 is 3.53. The molecule has 2 heterocycles. The molecule has 0 spiro atoms. The van der Waals surface area contributed by atoms with Crippen LogP contribution in [0.1, 0.15) is 39.5 Å². The molecule has 2 aliphatic rings. The topological polar surface area (TPSA) is 38.8 Å². The molecule has 20 heavy (non-hydrogen) atoms. The third-order valence-corrected chi connectivity index (χ3v) is 5.48. The van der Waals surface area contributed by atoms with Crippen LogP contribution >= 0.6 is 15.9 Å². The van der Waals surface area contributed by atoms with Gasteiger partial charge in [-0.05, 0) is 31.6 Å². The van der Waals surface area contributed by atoms with E-state index in [1.165, 1.54) is 0 Å². The summed E-state index contributed by atoms with van der Waals surface area (Å²) in [6.45, 7) is 7.19. The number of ether oxygens (including phenoxy) is 2. The number of rotatable bonds is 6. The summed E-state index contributed by atoms with van der Waals surface area (Å²) < 4.78 is 11.4. The molecular formula is C15H26BrNO3. The zero-order chi connectivity index (χ0) is 14.5. The van der Waals surface area contributed by atoms with Crippen LogP contribution in [0.4, 0.5) is 0 Å². The van der Waals surface area contributed by atoms with Crippen LogP contribution in [0.25, 0.3) is 0 Å². The lowest BCUT2D eigenvalue weighted by atomic mass is 10.1. The Bertz CT molecular complexity index is 294. The van der Waals surface area contributed by atoms with Crippen molar-refractivity contribution in [3.05, 3.63) is 0 Å². The van der Waals surface area contributed by atoms with Crippen LogP contribution in [-0.2, 0) is 14.3 Å². The second kappa shape index (κ2) is 7.76. The highest BCUT2D eigenvalue weighted by Crippen LogP contribution is 2.21. The molecule has 3 atom stereocenters. The first-order valence-electron chi connectivity index (χ1n) is 7.74. The van der Waals surface area contributed by atoms with Gasteiger partial charge in [-0.2, -0.15) is 0 Å². The van der Waals surface area contributed by atoms with Gasteiger partial charge in [-0.25, -0.2) is 0 Å². The second-order valence-electron chi connectivity index (χ2n) is 6.16. The lowest BCUT2D eigenvalue weighted by Crippen LogP contribution is -2.46. The van der Waals surface area contributed by atoms with Gasteiger partial charge in [-0.15, -0.1) is 0 Å². The Morgan fingerprint density at radius 1 is 1.15 bits per heavy atom. The molecule has 0 aromatic rings. The molecule has 0 radical (unpaired) electrons. The average Bonchev–Trinajstić information content (AvgIpc) is 3.09. The number of hydrogen-bond acceptors (Lipinski definition) is 3. The summed E-state index contributed by atoms with van der Waals surface area (Å²) in [7, 11) is 0. The van der Waals surface area contributed by atoms with Crippen LogP contribution in [0.2, 0.25) is 0 Å². The van der Waals surface area contributed by atoms with Crippen molar-refractivity contribution < 1.29 is 14.3 Å². The number of hydrogen-bond donors (Lipinski definition) is 0. The molecule has 5 heteroatoms. The third-order valence-electron chi connectivity index (χ3n) is 4.03. The van der Waals surface area contributed by atoms with E-state index in [0.29, 0.717) is 19.0 Å². The van der Waals surface area contributed by atoms with Crippen molar-refractivity contribution in [1.29, 1.82) is 0 Å². The first-order chi connectivity index (χ1) is 9.58. The van der Waals surface area contributed by atoms with Gasteiger partial charge < -0.3 is 14.4 Å². The van der Waals surface area contributed by atoms with Gasteiger partial charge in [-0.3, -0.25) is 4.79 Å². The molecule has 0 N–H and O–H groups in total. The molecule has 1 amide bonds. The maximum atomic E-state index is 12.6. The van der Waals surface area contributed by atoms with Crippen LogP contribution < -0.4 is 0 Å². The molecule has 0 aliphatic carbocycles. The van der Waals surface area contributed by atoms with Crippen molar-refractivity contribution in [2.75, 3.05) is 26.3 Å². The molecule has 116 valence electrons. The molecule has 2 saturated heterocycles. The molecule has 0 aromatic carbocycles. The van der Waals surface area contributed by atoms with Gasteiger partial charge in [0.25, 0.3) is 0 Å². The maximum absolute atomic E-state index is 12.6. The zero-order valence-corrected chi connectivity index (χ0v) is 14.1. The minimum absolute atomic E-state index is 0.120. The highest BCUT2D eigenvalue weighted by atomic mass is 79.9. The lowest BCUT2D eigenvalue weighted by molar-refractivity contribution is -0.134. The summed E-state index contributed by atoms with van der Waals surface area (Å²) in [5.41, 5.74) is 0. The fourth-order valence-corrected chi connectivity index (χ4v) is 3.07. The normalized spacial score (nSPS) is 28.0. The fraction of sp³-hybridized carbons (Fsp3) is 0.933. The Morgan fingerprint density at radius 3 is 2.00 bits per heavy atom. The minimum Gasteiger partial charge on any atom is -0.376 e. The highest BCUT2D eigenvalue weighted by Gasteiger charge is 2.30. The summed E-state index contributed by atoms with van der Waals surface area (Å²) in [6, 6.07) is 0. The van der Waals surface area contributed by atoms with E-state index in [1.807, 2.05) is 4.90 Å².